The summed E-state index contributed by atoms with van der Waals surface area (Å²) >= 11 is 0. The number of piperidine rings is 1. The van der Waals surface area contributed by atoms with Crippen LogP contribution in [-0.2, 0) is 0 Å². The van der Waals surface area contributed by atoms with Crippen molar-refractivity contribution >= 4 is 5.84 Å². The van der Waals surface area contributed by atoms with E-state index in [4.69, 9.17) is 5.41 Å². The molecule has 0 bridgehead atoms. The minimum atomic E-state index is 0.356. The molecule has 2 nitrogen and oxygen atoms in total. The Morgan fingerprint density at radius 3 is 2.36 bits per heavy atom. The van der Waals surface area contributed by atoms with Gasteiger partial charge < -0.3 is 4.90 Å². The van der Waals surface area contributed by atoms with E-state index in [1.165, 1.54) is 6.42 Å². The van der Waals surface area contributed by atoms with Crippen molar-refractivity contribution in [2.24, 2.45) is 17.8 Å². The maximum absolute atomic E-state index is 8.07. The Morgan fingerprint density at radius 2 is 1.86 bits per heavy atom. The third-order valence-corrected chi connectivity index (χ3v) is 3.45. The molecular formula is C12H24N2. The topological polar surface area (TPSA) is 27.1 Å². The summed E-state index contributed by atoms with van der Waals surface area (Å²) in [7, 11) is 0. The molecule has 0 saturated carbocycles. The highest BCUT2D eigenvalue weighted by Gasteiger charge is 2.30. The second kappa shape index (κ2) is 4.33. The Hall–Kier alpha value is -0.530. The van der Waals surface area contributed by atoms with E-state index in [2.05, 4.69) is 39.5 Å². The highest BCUT2D eigenvalue weighted by Crippen LogP contribution is 2.27. The van der Waals surface area contributed by atoms with Crippen molar-refractivity contribution in [3.63, 3.8) is 0 Å². The lowest BCUT2D eigenvalue weighted by molar-refractivity contribution is 0.141. The molecule has 3 atom stereocenters. The molecular weight excluding hydrogens is 172 g/mol. The fourth-order valence-corrected chi connectivity index (χ4v) is 2.36. The molecule has 0 aromatic carbocycles. The average Bonchev–Trinajstić information content (AvgIpc) is 2.09. The van der Waals surface area contributed by atoms with Crippen molar-refractivity contribution in [1.29, 1.82) is 5.41 Å². The average molecular weight is 196 g/mol. The van der Waals surface area contributed by atoms with E-state index < -0.39 is 0 Å². The summed E-state index contributed by atoms with van der Waals surface area (Å²) in [5.74, 6) is 2.63. The Balaban J connectivity index is 2.71. The van der Waals surface area contributed by atoms with Crippen LogP contribution in [0.1, 0.15) is 41.0 Å². The first-order chi connectivity index (χ1) is 6.43. The van der Waals surface area contributed by atoms with Crippen LogP contribution >= 0.6 is 0 Å². The largest absolute Gasteiger partial charge is 0.357 e. The number of nitrogens with one attached hydrogen (secondary N) is 1. The standard InChI is InChI=1S/C12H24N2/c1-8(2)12(13)14-7-9(3)6-10(4)11(14)5/h8-11,13H,6-7H2,1-5H3. The minimum Gasteiger partial charge on any atom is -0.357 e. The Kier molecular flexibility index (Phi) is 3.57. The molecule has 82 valence electrons. The van der Waals surface area contributed by atoms with E-state index >= 15 is 0 Å². The SMILES string of the molecule is CC1CC(C)C(C)N(C(=N)C(C)C)C1. The first-order valence-corrected chi connectivity index (χ1v) is 5.78. The summed E-state index contributed by atoms with van der Waals surface area (Å²) in [6, 6.07) is 0.543. The number of likely N-dealkylation sites (tertiary alicyclic amines) is 1. The predicted octanol–water partition coefficient (Wildman–Crippen LogP) is 2.99. The molecule has 0 radical (unpaired) electrons. The van der Waals surface area contributed by atoms with Gasteiger partial charge in [0.05, 0.1) is 5.84 Å². The molecule has 3 unspecified atom stereocenters. The van der Waals surface area contributed by atoms with Gasteiger partial charge in [-0.05, 0) is 25.2 Å². The quantitative estimate of drug-likeness (QED) is 0.506. The van der Waals surface area contributed by atoms with Crippen molar-refractivity contribution in [2.75, 3.05) is 6.54 Å². The summed E-state index contributed by atoms with van der Waals surface area (Å²) < 4.78 is 0. The van der Waals surface area contributed by atoms with Crippen molar-refractivity contribution < 1.29 is 0 Å². The summed E-state index contributed by atoms with van der Waals surface area (Å²) in [6.45, 7) is 12.2. The van der Waals surface area contributed by atoms with Crippen LogP contribution in [0.2, 0.25) is 0 Å². The van der Waals surface area contributed by atoms with Gasteiger partial charge in [-0.3, -0.25) is 5.41 Å². The Labute approximate surface area is 88.2 Å². The van der Waals surface area contributed by atoms with Crippen molar-refractivity contribution in [3.05, 3.63) is 0 Å². The Morgan fingerprint density at radius 1 is 1.29 bits per heavy atom. The molecule has 14 heavy (non-hydrogen) atoms. The smallest absolute Gasteiger partial charge is 0.0986 e. The number of hydrogen-bond acceptors (Lipinski definition) is 1. The second-order valence-electron chi connectivity index (χ2n) is 5.25. The fourth-order valence-electron chi connectivity index (χ4n) is 2.36. The van der Waals surface area contributed by atoms with Gasteiger partial charge in [0.25, 0.3) is 0 Å². The van der Waals surface area contributed by atoms with Crippen LogP contribution in [0.4, 0.5) is 0 Å². The molecule has 1 saturated heterocycles. The maximum atomic E-state index is 8.07. The number of amidine groups is 1. The third kappa shape index (κ3) is 2.28. The van der Waals surface area contributed by atoms with Crippen LogP contribution < -0.4 is 0 Å². The normalized spacial score (nSPS) is 33.6. The van der Waals surface area contributed by atoms with Gasteiger partial charge in [0, 0.05) is 18.5 Å². The maximum Gasteiger partial charge on any atom is 0.0986 e. The second-order valence-corrected chi connectivity index (χ2v) is 5.25. The predicted molar refractivity (Wildman–Crippen MR) is 61.7 cm³/mol. The van der Waals surface area contributed by atoms with Gasteiger partial charge >= 0.3 is 0 Å². The number of rotatable bonds is 1. The molecule has 1 rings (SSSR count). The van der Waals surface area contributed by atoms with Crippen LogP contribution in [0.25, 0.3) is 0 Å². The first-order valence-electron chi connectivity index (χ1n) is 5.78. The molecule has 0 aromatic rings. The highest BCUT2D eigenvalue weighted by atomic mass is 15.2. The summed E-state index contributed by atoms with van der Waals surface area (Å²) in [5, 5.41) is 8.07. The van der Waals surface area contributed by atoms with Crippen molar-refractivity contribution in [1.82, 2.24) is 4.90 Å². The zero-order valence-electron chi connectivity index (χ0n) is 10.2. The van der Waals surface area contributed by atoms with Gasteiger partial charge in [0.15, 0.2) is 0 Å². The van der Waals surface area contributed by atoms with Gasteiger partial charge in [0.1, 0.15) is 0 Å². The monoisotopic (exact) mass is 196 g/mol. The van der Waals surface area contributed by atoms with E-state index in [1.54, 1.807) is 0 Å². The summed E-state index contributed by atoms with van der Waals surface area (Å²) in [4.78, 5) is 2.30. The zero-order chi connectivity index (χ0) is 10.9. The summed E-state index contributed by atoms with van der Waals surface area (Å²) in [5.41, 5.74) is 0. The lowest BCUT2D eigenvalue weighted by Gasteiger charge is -2.43. The van der Waals surface area contributed by atoms with Gasteiger partial charge in [-0.15, -0.1) is 0 Å². The van der Waals surface area contributed by atoms with E-state index in [0.717, 1.165) is 24.2 Å². The fraction of sp³-hybridized carbons (Fsp3) is 0.917. The van der Waals surface area contributed by atoms with Gasteiger partial charge in [-0.1, -0.05) is 27.7 Å². The van der Waals surface area contributed by atoms with Crippen LogP contribution in [0.15, 0.2) is 0 Å². The van der Waals surface area contributed by atoms with E-state index in [-0.39, 0.29) is 0 Å². The lowest BCUT2D eigenvalue weighted by Crippen LogP contribution is -2.49. The molecule has 0 amide bonds. The minimum absolute atomic E-state index is 0.356. The van der Waals surface area contributed by atoms with E-state index in [9.17, 15) is 0 Å². The molecule has 0 aliphatic carbocycles. The molecule has 1 aliphatic rings. The highest BCUT2D eigenvalue weighted by molar-refractivity contribution is 5.81. The third-order valence-electron chi connectivity index (χ3n) is 3.45. The van der Waals surface area contributed by atoms with E-state index in [0.29, 0.717) is 12.0 Å². The van der Waals surface area contributed by atoms with Gasteiger partial charge in [-0.2, -0.15) is 0 Å². The van der Waals surface area contributed by atoms with Crippen LogP contribution in [0.5, 0.6) is 0 Å². The van der Waals surface area contributed by atoms with E-state index in [1.807, 2.05) is 0 Å². The summed E-state index contributed by atoms with van der Waals surface area (Å²) in [6.07, 6.45) is 1.31. The molecule has 1 N–H and O–H groups in total. The molecule has 0 aromatic heterocycles. The molecule has 2 heteroatoms. The van der Waals surface area contributed by atoms with Crippen LogP contribution in [0, 0.1) is 23.2 Å². The molecule has 1 aliphatic heterocycles. The first kappa shape index (κ1) is 11.5. The molecule has 0 spiro atoms. The van der Waals surface area contributed by atoms with Crippen molar-refractivity contribution in [3.8, 4) is 0 Å². The van der Waals surface area contributed by atoms with Gasteiger partial charge in [-0.25, -0.2) is 0 Å². The molecule has 1 heterocycles. The molecule has 1 fully saturated rings. The van der Waals surface area contributed by atoms with Crippen LogP contribution in [-0.4, -0.2) is 23.3 Å². The number of nitrogens with zero attached hydrogens (tertiary/aromatic N) is 1. The van der Waals surface area contributed by atoms with Crippen molar-refractivity contribution in [2.45, 2.75) is 47.1 Å². The van der Waals surface area contributed by atoms with Crippen LogP contribution in [0.3, 0.4) is 0 Å². The Bertz CT molecular complexity index is 210. The van der Waals surface area contributed by atoms with Gasteiger partial charge in [0.2, 0.25) is 0 Å². The zero-order valence-corrected chi connectivity index (χ0v) is 10.2. The lowest BCUT2D eigenvalue weighted by atomic mass is 9.85. The number of hydrogen-bond donors (Lipinski definition) is 1.